The van der Waals surface area contributed by atoms with Crippen molar-refractivity contribution in [3.8, 4) is 0 Å². The van der Waals surface area contributed by atoms with Crippen LogP contribution in [0.5, 0.6) is 0 Å². The molecule has 136 valence electrons. The van der Waals surface area contributed by atoms with E-state index in [4.69, 9.17) is 10.2 Å². The van der Waals surface area contributed by atoms with Crippen LogP contribution in [-0.4, -0.2) is 20.5 Å². The van der Waals surface area contributed by atoms with Gasteiger partial charge in [0.25, 0.3) is 0 Å². The summed E-state index contributed by atoms with van der Waals surface area (Å²) in [7, 11) is 0. The summed E-state index contributed by atoms with van der Waals surface area (Å²) in [5.41, 5.74) is 7.73. The molecule has 3 aromatic rings. The van der Waals surface area contributed by atoms with Crippen molar-refractivity contribution < 1.29 is 13.6 Å². The highest BCUT2D eigenvalue weighted by Gasteiger charge is 2.40. The quantitative estimate of drug-likeness (QED) is 0.724. The molecule has 0 amide bonds. The number of nitrogen functional groups attached to an aromatic ring is 1. The Morgan fingerprint density at radius 1 is 1.26 bits per heavy atom. The third-order valence-corrected chi connectivity index (χ3v) is 5.05. The number of fused-ring (bicyclic) bond motifs is 1. The predicted octanol–water partition coefficient (Wildman–Crippen LogP) is 3.01. The molecule has 0 spiro atoms. The van der Waals surface area contributed by atoms with Gasteiger partial charge in [0, 0.05) is 23.6 Å². The van der Waals surface area contributed by atoms with Crippen LogP contribution in [0.15, 0.2) is 58.3 Å². The molecule has 8 heteroatoms. The summed E-state index contributed by atoms with van der Waals surface area (Å²) >= 11 is 0. The fourth-order valence-corrected chi connectivity index (χ4v) is 3.94. The number of hydrogen-bond acceptors (Lipinski definition) is 6. The zero-order chi connectivity index (χ0) is 18.5. The van der Waals surface area contributed by atoms with Gasteiger partial charge in [0.15, 0.2) is 5.78 Å². The molecule has 5 rings (SSSR count). The lowest BCUT2D eigenvalue weighted by Crippen LogP contribution is -2.33. The van der Waals surface area contributed by atoms with Gasteiger partial charge in [-0.05, 0) is 36.2 Å². The third-order valence-electron chi connectivity index (χ3n) is 5.05. The van der Waals surface area contributed by atoms with Gasteiger partial charge < -0.3 is 15.5 Å². The first-order chi connectivity index (χ1) is 13.1. The first kappa shape index (κ1) is 15.8. The van der Waals surface area contributed by atoms with E-state index in [1.54, 1.807) is 23.1 Å². The van der Waals surface area contributed by atoms with Crippen molar-refractivity contribution >= 4 is 17.7 Å². The molecule has 0 radical (unpaired) electrons. The van der Waals surface area contributed by atoms with Gasteiger partial charge >= 0.3 is 0 Å². The van der Waals surface area contributed by atoms with Crippen LogP contribution in [-0.2, 0) is 4.79 Å². The number of hydrogen-bond donors (Lipinski definition) is 2. The molecule has 1 aliphatic heterocycles. The standard InChI is InChI=1S/C19H16FN5O2/c20-12-4-1-3-10(7-12)17-16-13(22-19-23-18(21)24-25(17)19)8-11(9-14(16)26)15-5-2-6-27-15/h1-7,11,17H,8-9H2,(H3,21,22,23,24)/t11-,17-/m1/s1. The summed E-state index contributed by atoms with van der Waals surface area (Å²) < 4.78 is 20.9. The van der Waals surface area contributed by atoms with Crippen molar-refractivity contribution in [3.05, 3.63) is 71.1 Å². The molecule has 7 nitrogen and oxygen atoms in total. The molecule has 0 saturated carbocycles. The normalized spacial score (nSPS) is 21.6. The van der Waals surface area contributed by atoms with Crippen LogP contribution >= 0.6 is 0 Å². The van der Waals surface area contributed by atoms with Gasteiger partial charge in [-0.25, -0.2) is 9.07 Å². The van der Waals surface area contributed by atoms with Crippen molar-refractivity contribution in [1.82, 2.24) is 14.8 Å². The molecule has 2 aliphatic rings. The molecular formula is C19H16FN5O2. The van der Waals surface area contributed by atoms with Gasteiger partial charge in [0.2, 0.25) is 11.9 Å². The summed E-state index contributed by atoms with van der Waals surface area (Å²) in [5, 5.41) is 7.42. The Kier molecular flexibility index (Phi) is 3.40. The second-order valence-corrected chi connectivity index (χ2v) is 6.76. The number of nitrogens with zero attached hydrogens (tertiary/aromatic N) is 3. The van der Waals surface area contributed by atoms with Crippen LogP contribution in [0.2, 0.25) is 0 Å². The highest BCUT2D eigenvalue weighted by molar-refractivity contribution is 6.00. The Hall–Kier alpha value is -3.42. The van der Waals surface area contributed by atoms with Crippen LogP contribution in [0.1, 0.15) is 36.1 Å². The number of allylic oxidation sites excluding steroid dienone is 2. The van der Waals surface area contributed by atoms with E-state index in [1.807, 2.05) is 12.1 Å². The molecular weight excluding hydrogens is 349 g/mol. The Balaban J connectivity index is 1.65. The zero-order valence-corrected chi connectivity index (χ0v) is 14.2. The van der Waals surface area contributed by atoms with Crippen LogP contribution < -0.4 is 11.1 Å². The molecule has 27 heavy (non-hydrogen) atoms. The summed E-state index contributed by atoms with van der Waals surface area (Å²) in [6.07, 6.45) is 2.51. The number of benzene rings is 1. The number of carbonyl (C=O) groups excluding carboxylic acids is 1. The molecule has 1 aliphatic carbocycles. The van der Waals surface area contributed by atoms with Gasteiger partial charge in [-0.2, -0.15) is 4.98 Å². The van der Waals surface area contributed by atoms with Crippen LogP contribution in [0.3, 0.4) is 0 Å². The van der Waals surface area contributed by atoms with E-state index in [2.05, 4.69) is 15.4 Å². The smallest absolute Gasteiger partial charge is 0.241 e. The molecule has 0 fully saturated rings. The van der Waals surface area contributed by atoms with Crippen LogP contribution in [0.25, 0.3) is 0 Å². The van der Waals surface area contributed by atoms with Crippen molar-refractivity contribution in [2.45, 2.75) is 24.8 Å². The van der Waals surface area contributed by atoms with Gasteiger partial charge in [-0.15, -0.1) is 5.10 Å². The summed E-state index contributed by atoms with van der Waals surface area (Å²) in [6, 6.07) is 9.28. The Labute approximate surface area is 153 Å². The summed E-state index contributed by atoms with van der Waals surface area (Å²) in [5.74, 6) is 0.838. The fraction of sp³-hybridized carbons (Fsp3) is 0.211. The summed E-state index contributed by atoms with van der Waals surface area (Å²) in [6.45, 7) is 0. The number of nitrogens with one attached hydrogen (secondary N) is 1. The van der Waals surface area contributed by atoms with Gasteiger partial charge in [0.05, 0.1) is 6.26 Å². The number of carbonyl (C=O) groups is 1. The number of Topliss-reactive ketones (excluding diaryl/α,β-unsaturated/α-hetero) is 1. The second-order valence-electron chi connectivity index (χ2n) is 6.76. The molecule has 0 saturated heterocycles. The minimum Gasteiger partial charge on any atom is -0.469 e. The number of aromatic nitrogens is 3. The van der Waals surface area contributed by atoms with Crippen LogP contribution in [0.4, 0.5) is 16.3 Å². The van der Waals surface area contributed by atoms with Crippen molar-refractivity contribution in [2.75, 3.05) is 11.1 Å². The third kappa shape index (κ3) is 2.52. The van der Waals surface area contributed by atoms with E-state index < -0.39 is 6.04 Å². The van der Waals surface area contributed by atoms with Crippen LogP contribution in [0, 0.1) is 5.82 Å². The minimum atomic E-state index is -0.568. The molecule has 0 bridgehead atoms. The molecule has 2 atom stereocenters. The highest BCUT2D eigenvalue weighted by atomic mass is 19.1. The van der Waals surface area contributed by atoms with E-state index in [9.17, 15) is 9.18 Å². The molecule has 3 N–H and O–H groups in total. The number of anilines is 2. The number of ketones is 1. The van der Waals surface area contributed by atoms with Gasteiger partial charge in [0.1, 0.15) is 17.6 Å². The van der Waals surface area contributed by atoms with E-state index in [0.717, 1.165) is 11.5 Å². The Bertz CT molecular complexity index is 1070. The highest BCUT2D eigenvalue weighted by Crippen LogP contribution is 2.44. The second kappa shape index (κ2) is 5.80. The zero-order valence-electron chi connectivity index (χ0n) is 14.2. The predicted molar refractivity (Wildman–Crippen MR) is 95.3 cm³/mol. The van der Waals surface area contributed by atoms with E-state index in [0.29, 0.717) is 29.9 Å². The number of furan rings is 1. The van der Waals surface area contributed by atoms with E-state index >= 15 is 0 Å². The summed E-state index contributed by atoms with van der Waals surface area (Å²) in [4.78, 5) is 17.3. The first-order valence-electron chi connectivity index (χ1n) is 8.64. The maximum absolute atomic E-state index is 13.9. The lowest BCUT2D eigenvalue weighted by molar-refractivity contribution is -0.117. The van der Waals surface area contributed by atoms with Crippen molar-refractivity contribution in [3.63, 3.8) is 0 Å². The van der Waals surface area contributed by atoms with E-state index in [1.165, 1.54) is 12.1 Å². The lowest BCUT2D eigenvalue weighted by Gasteiger charge is -2.34. The lowest BCUT2D eigenvalue weighted by atomic mass is 9.79. The van der Waals surface area contributed by atoms with Crippen molar-refractivity contribution in [2.24, 2.45) is 0 Å². The maximum atomic E-state index is 13.9. The monoisotopic (exact) mass is 365 g/mol. The average Bonchev–Trinajstić information content (AvgIpc) is 3.28. The average molecular weight is 365 g/mol. The maximum Gasteiger partial charge on any atom is 0.241 e. The van der Waals surface area contributed by atoms with Gasteiger partial charge in [-0.1, -0.05) is 12.1 Å². The minimum absolute atomic E-state index is 0.0286. The molecule has 3 heterocycles. The molecule has 2 aromatic heterocycles. The molecule has 0 unspecified atom stereocenters. The number of nitrogens with two attached hydrogens (primary N) is 1. The first-order valence-corrected chi connectivity index (χ1v) is 8.64. The SMILES string of the molecule is Nc1nc2n(n1)[C@H](c1cccc(F)c1)C1=C(C[C@@H](c3ccco3)CC1=O)N2. The number of halogens is 1. The van der Waals surface area contributed by atoms with Crippen molar-refractivity contribution in [1.29, 1.82) is 0 Å². The molecule has 1 aromatic carbocycles. The van der Waals surface area contributed by atoms with E-state index in [-0.39, 0.29) is 23.5 Å². The topological polar surface area (TPSA) is 99.0 Å². The Morgan fingerprint density at radius 2 is 2.15 bits per heavy atom. The fourth-order valence-electron chi connectivity index (χ4n) is 3.94. The Morgan fingerprint density at radius 3 is 2.93 bits per heavy atom. The number of rotatable bonds is 2. The van der Waals surface area contributed by atoms with Gasteiger partial charge in [-0.3, -0.25) is 4.79 Å². The largest absolute Gasteiger partial charge is 0.469 e.